The summed E-state index contributed by atoms with van der Waals surface area (Å²) < 4.78 is 18.9. The molecular weight excluding hydrogens is 351 g/mol. The molecule has 0 radical (unpaired) electrons. The smallest absolute Gasteiger partial charge is 0.260 e. The van der Waals surface area contributed by atoms with Crippen molar-refractivity contribution in [3.05, 3.63) is 66.0 Å². The Morgan fingerprint density at radius 2 is 2.07 bits per heavy atom. The summed E-state index contributed by atoms with van der Waals surface area (Å²) in [6, 6.07) is 7.30. The number of ether oxygens (including phenoxy) is 1. The summed E-state index contributed by atoms with van der Waals surface area (Å²) in [6.07, 6.45) is 5.65. The van der Waals surface area contributed by atoms with Crippen LogP contribution in [0.15, 0.2) is 53.9 Å². The standard InChI is InChI=1S/C18H15FN6O2/c1-11-5-12(8-21-7-11)27-13-6-14(17(22-9-13)23-10-20)18(26)25-16-4-2-3-15(19)24-16/h2-10H,1H3,(H2,20,22,23)(H,24,25,26). The van der Waals surface area contributed by atoms with Crippen LogP contribution >= 0.6 is 0 Å². The molecule has 3 aromatic rings. The summed E-state index contributed by atoms with van der Waals surface area (Å²) in [5.41, 5.74) is 6.32. The number of anilines is 1. The molecule has 1 amide bonds. The van der Waals surface area contributed by atoms with Crippen molar-refractivity contribution in [3.8, 4) is 11.5 Å². The molecule has 136 valence electrons. The molecule has 3 aromatic heterocycles. The van der Waals surface area contributed by atoms with E-state index >= 15 is 0 Å². The minimum atomic E-state index is -0.713. The van der Waals surface area contributed by atoms with Gasteiger partial charge in [0.05, 0.1) is 24.3 Å². The zero-order valence-electron chi connectivity index (χ0n) is 14.3. The highest BCUT2D eigenvalue weighted by atomic mass is 19.1. The molecule has 3 N–H and O–H groups in total. The second-order valence-corrected chi connectivity index (χ2v) is 5.42. The Kier molecular flexibility index (Phi) is 5.31. The zero-order chi connectivity index (χ0) is 19.2. The van der Waals surface area contributed by atoms with E-state index in [1.54, 1.807) is 12.3 Å². The molecule has 0 fully saturated rings. The number of hydrogen-bond donors (Lipinski definition) is 2. The maximum atomic E-state index is 13.2. The molecule has 0 aliphatic rings. The molecule has 3 rings (SSSR count). The summed E-state index contributed by atoms with van der Waals surface area (Å²) in [7, 11) is 0. The number of nitrogens with one attached hydrogen (secondary N) is 1. The quantitative estimate of drug-likeness (QED) is 0.407. The molecule has 0 aromatic carbocycles. The Hall–Kier alpha value is -3.88. The topological polar surface area (TPSA) is 115 Å². The lowest BCUT2D eigenvalue weighted by Gasteiger charge is -2.10. The van der Waals surface area contributed by atoms with Crippen LogP contribution in [0.2, 0.25) is 0 Å². The summed E-state index contributed by atoms with van der Waals surface area (Å²) in [5.74, 6) is -0.372. The van der Waals surface area contributed by atoms with Gasteiger partial charge in [0.1, 0.15) is 17.3 Å². The maximum absolute atomic E-state index is 13.2. The number of aliphatic imine (C=N–C) groups is 1. The second kappa shape index (κ2) is 8.00. The van der Waals surface area contributed by atoms with E-state index in [9.17, 15) is 9.18 Å². The largest absolute Gasteiger partial charge is 0.454 e. The van der Waals surface area contributed by atoms with Crippen LogP contribution < -0.4 is 15.8 Å². The highest BCUT2D eigenvalue weighted by Gasteiger charge is 2.15. The fourth-order valence-corrected chi connectivity index (χ4v) is 2.22. The molecule has 0 bridgehead atoms. The number of amides is 1. The Morgan fingerprint density at radius 1 is 1.26 bits per heavy atom. The second-order valence-electron chi connectivity index (χ2n) is 5.42. The van der Waals surface area contributed by atoms with Crippen LogP contribution in [0.25, 0.3) is 0 Å². The highest BCUT2D eigenvalue weighted by Crippen LogP contribution is 2.26. The van der Waals surface area contributed by atoms with Gasteiger partial charge in [0.2, 0.25) is 5.95 Å². The molecule has 0 saturated carbocycles. The molecule has 8 nitrogen and oxygen atoms in total. The number of pyridine rings is 3. The van der Waals surface area contributed by atoms with Crippen molar-refractivity contribution < 1.29 is 13.9 Å². The van der Waals surface area contributed by atoms with Crippen LogP contribution in [0.5, 0.6) is 11.5 Å². The van der Waals surface area contributed by atoms with Crippen molar-refractivity contribution >= 4 is 23.9 Å². The molecule has 3 heterocycles. The predicted octanol–water partition coefficient (Wildman–Crippen LogP) is 2.98. The lowest BCUT2D eigenvalue weighted by Crippen LogP contribution is -2.14. The third-order valence-electron chi connectivity index (χ3n) is 3.33. The van der Waals surface area contributed by atoms with Crippen LogP contribution in [-0.2, 0) is 0 Å². The van der Waals surface area contributed by atoms with E-state index in [4.69, 9.17) is 10.5 Å². The fraction of sp³-hybridized carbons (Fsp3) is 0.0556. The molecular formula is C18H15FN6O2. The zero-order valence-corrected chi connectivity index (χ0v) is 14.3. The summed E-state index contributed by atoms with van der Waals surface area (Å²) in [6.45, 7) is 1.88. The van der Waals surface area contributed by atoms with Crippen LogP contribution in [0, 0.1) is 12.9 Å². The van der Waals surface area contributed by atoms with Gasteiger partial charge in [-0.2, -0.15) is 4.39 Å². The van der Waals surface area contributed by atoms with Crippen LogP contribution in [-0.4, -0.2) is 27.2 Å². The van der Waals surface area contributed by atoms with Crippen molar-refractivity contribution in [1.82, 2.24) is 15.0 Å². The number of nitrogens with zero attached hydrogens (tertiary/aromatic N) is 4. The van der Waals surface area contributed by atoms with E-state index in [2.05, 4.69) is 25.3 Å². The molecule has 0 aliphatic heterocycles. The van der Waals surface area contributed by atoms with Crippen LogP contribution in [0.4, 0.5) is 16.0 Å². The lowest BCUT2D eigenvalue weighted by molar-refractivity contribution is 0.102. The number of carbonyl (C=O) groups is 1. The van der Waals surface area contributed by atoms with Crippen molar-refractivity contribution in [3.63, 3.8) is 0 Å². The molecule has 0 atom stereocenters. The van der Waals surface area contributed by atoms with E-state index in [1.165, 1.54) is 36.7 Å². The van der Waals surface area contributed by atoms with Gasteiger partial charge in [0, 0.05) is 6.20 Å². The number of aromatic nitrogens is 3. The number of halogens is 1. The Bertz CT molecular complexity index is 1010. The number of hydrogen-bond acceptors (Lipinski definition) is 6. The van der Waals surface area contributed by atoms with Crippen molar-refractivity contribution in [2.45, 2.75) is 6.92 Å². The first-order chi connectivity index (χ1) is 13.0. The maximum Gasteiger partial charge on any atom is 0.260 e. The lowest BCUT2D eigenvalue weighted by atomic mass is 10.2. The molecule has 0 spiro atoms. The van der Waals surface area contributed by atoms with E-state index in [0.29, 0.717) is 11.5 Å². The Morgan fingerprint density at radius 3 is 2.81 bits per heavy atom. The van der Waals surface area contributed by atoms with Crippen LogP contribution in [0.1, 0.15) is 15.9 Å². The van der Waals surface area contributed by atoms with Crippen LogP contribution in [0.3, 0.4) is 0 Å². The first kappa shape index (κ1) is 17.9. The first-order valence-corrected chi connectivity index (χ1v) is 7.83. The SMILES string of the molecule is Cc1cncc(Oc2cnc(/N=C\N)c(C(=O)Nc3cccc(F)n3)c2)c1. The van der Waals surface area contributed by atoms with Gasteiger partial charge >= 0.3 is 0 Å². The van der Waals surface area contributed by atoms with Gasteiger partial charge in [-0.1, -0.05) is 6.07 Å². The number of aryl methyl sites for hydroxylation is 1. The fourth-order valence-electron chi connectivity index (χ4n) is 2.22. The van der Waals surface area contributed by atoms with Crippen molar-refractivity contribution in [2.24, 2.45) is 10.7 Å². The predicted molar refractivity (Wildman–Crippen MR) is 97.8 cm³/mol. The average molecular weight is 366 g/mol. The molecule has 27 heavy (non-hydrogen) atoms. The summed E-state index contributed by atoms with van der Waals surface area (Å²) >= 11 is 0. The monoisotopic (exact) mass is 366 g/mol. The minimum absolute atomic E-state index is 0.0527. The molecule has 0 unspecified atom stereocenters. The van der Waals surface area contributed by atoms with E-state index < -0.39 is 11.9 Å². The highest BCUT2D eigenvalue weighted by molar-refractivity contribution is 6.07. The minimum Gasteiger partial charge on any atom is -0.454 e. The van der Waals surface area contributed by atoms with E-state index in [-0.39, 0.29) is 17.2 Å². The van der Waals surface area contributed by atoms with Crippen molar-refractivity contribution in [2.75, 3.05) is 5.32 Å². The van der Waals surface area contributed by atoms with Gasteiger partial charge < -0.3 is 15.8 Å². The normalized spacial score (nSPS) is 10.7. The third kappa shape index (κ3) is 4.60. The number of nitrogens with two attached hydrogens (primary N) is 1. The van der Waals surface area contributed by atoms with Gasteiger partial charge in [0.15, 0.2) is 5.82 Å². The summed E-state index contributed by atoms with van der Waals surface area (Å²) in [4.78, 5) is 28.2. The van der Waals surface area contributed by atoms with Gasteiger partial charge in [-0.15, -0.1) is 0 Å². The van der Waals surface area contributed by atoms with E-state index in [1.807, 2.05) is 6.92 Å². The third-order valence-corrected chi connectivity index (χ3v) is 3.33. The van der Waals surface area contributed by atoms with Gasteiger partial charge in [-0.05, 0) is 36.8 Å². The first-order valence-electron chi connectivity index (χ1n) is 7.83. The molecule has 0 saturated heterocycles. The number of rotatable bonds is 5. The Labute approximate surface area is 154 Å². The molecule has 9 heteroatoms. The summed E-state index contributed by atoms with van der Waals surface area (Å²) in [5, 5.41) is 2.49. The van der Waals surface area contributed by atoms with Gasteiger partial charge in [-0.25, -0.2) is 15.0 Å². The molecule has 0 aliphatic carbocycles. The number of carbonyl (C=O) groups excluding carboxylic acids is 1. The van der Waals surface area contributed by atoms with Crippen molar-refractivity contribution in [1.29, 1.82) is 0 Å². The Balaban J connectivity index is 1.90. The average Bonchev–Trinajstić information content (AvgIpc) is 2.63. The van der Waals surface area contributed by atoms with E-state index in [0.717, 1.165) is 11.9 Å². The van der Waals surface area contributed by atoms with Gasteiger partial charge in [0.25, 0.3) is 5.91 Å². The van der Waals surface area contributed by atoms with Gasteiger partial charge in [-0.3, -0.25) is 9.78 Å².